The van der Waals surface area contributed by atoms with Crippen molar-refractivity contribution < 1.29 is 17.9 Å². The highest BCUT2D eigenvalue weighted by Crippen LogP contribution is 2.19. The summed E-state index contributed by atoms with van der Waals surface area (Å²) in [6, 6.07) is 3.62. The highest BCUT2D eigenvalue weighted by Gasteiger charge is 2.15. The van der Waals surface area contributed by atoms with Crippen molar-refractivity contribution >= 4 is 27.6 Å². The van der Waals surface area contributed by atoms with Crippen LogP contribution in [0.3, 0.4) is 0 Å². The summed E-state index contributed by atoms with van der Waals surface area (Å²) in [6.07, 6.45) is -0.306. The zero-order valence-electron chi connectivity index (χ0n) is 9.31. The number of halogens is 1. The number of nitrogens with two attached hydrogens (primary N) is 1. The minimum Gasteiger partial charge on any atom is -0.459 e. The second-order valence-electron chi connectivity index (χ2n) is 3.67. The van der Waals surface area contributed by atoms with Gasteiger partial charge in [-0.2, -0.15) is 0 Å². The van der Waals surface area contributed by atoms with Gasteiger partial charge in [0.05, 0.1) is 16.6 Å². The van der Waals surface area contributed by atoms with Crippen LogP contribution in [0.2, 0.25) is 5.02 Å². The third-order valence-electron chi connectivity index (χ3n) is 1.78. The molecule has 0 aliphatic carbocycles. The van der Waals surface area contributed by atoms with Gasteiger partial charge in [0.1, 0.15) is 0 Å². The maximum atomic E-state index is 11.6. The fourth-order valence-electron chi connectivity index (χ4n) is 1.13. The van der Waals surface area contributed by atoms with E-state index in [1.807, 2.05) is 0 Å². The molecule has 0 aliphatic heterocycles. The topological polar surface area (TPSA) is 86.5 Å². The van der Waals surface area contributed by atoms with Crippen molar-refractivity contribution in [1.82, 2.24) is 0 Å². The van der Waals surface area contributed by atoms with Crippen LogP contribution < -0.4 is 5.14 Å². The molecule has 0 unspecified atom stereocenters. The van der Waals surface area contributed by atoms with Gasteiger partial charge in [-0.1, -0.05) is 11.6 Å². The SMILES string of the molecule is CC(C)OC(=O)c1cc(Cl)cc(S(N)(=O)=O)c1. The standard InChI is InChI=1S/C10H12ClNO4S/c1-6(2)16-10(13)7-3-8(11)5-9(4-7)17(12,14)15/h3-6H,1-2H3,(H2,12,14,15). The highest BCUT2D eigenvalue weighted by atomic mass is 35.5. The van der Waals surface area contributed by atoms with Crippen molar-refractivity contribution in [3.8, 4) is 0 Å². The lowest BCUT2D eigenvalue weighted by molar-refractivity contribution is 0.0377. The number of carbonyl (C=O) groups is 1. The molecule has 0 radical (unpaired) electrons. The molecule has 0 heterocycles. The van der Waals surface area contributed by atoms with E-state index in [9.17, 15) is 13.2 Å². The Labute approximate surface area is 105 Å². The van der Waals surface area contributed by atoms with E-state index in [1.54, 1.807) is 13.8 Å². The third kappa shape index (κ3) is 3.99. The molecule has 0 saturated heterocycles. The number of hydrogen-bond acceptors (Lipinski definition) is 4. The molecule has 2 N–H and O–H groups in total. The van der Waals surface area contributed by atoms with E-state index in [0.717, 1.165) is 6.07 Å². The van der Waals surface area contributed by atoms with Crippen LogP contribution in [0.25, 0.3) is 0 Å². The molecular weight excluding hydrogens is 266 g/mol. The van der Waals surface area contributed by atoms with E-state index in [2.05, 4.69) is 0 Å². The number of primary sulfonamides is 1. The quantitative estimate of drug-likeness (QED) is 0.849. The molecular formula is C10H12ClNO4S. The molecule has 94 valence electrons. The number of esters is 1. The fourth-order valence-corrected chi connectivity index (χ4v) is 2.01. The first kappa shape index (κ1) is 14.0. The summed E-state index contributed by atoms with van der Waals surface area (Å²) in [7, 11) is -3.90. The third-order valence-corrected chi connectivity index (χ3v) is 2.89. The Morgan fingerprint density at radius 3 is 2.41 bits per heavy atom. The van der Waals surface area contributed by atoms with Crippen molar-refractivity contribution in [1.29, 1.82) is 0 Å². The number of ether oxygens (including phenoxy) is 1. The zero-order chi connectivity index (χ0) is 13.2. The number of rotatable bonds is 3. The van der Waals surface area contributed by atoms with Gasteiger partial charge in [-0.3, -0.25) is 0 Å². The monoisotopic (exact) mass is 277 g/mol. The van der Waals surface area contributed by atoms with Crippen molar-refractivity contribution in [2.75, 3.05) is 0 Å². The number of hydrogen-bond donors (Lipinski definition) is 1. The van der Waals surface area contributed by atoms with Crippen LogP contribution in [0.5, 0.6) is 0 Å². The maximum absolute atomic E-state index is 11.6. The van der Waals surface area contributed by atoms with Gasteiger partial charge in [0.25, 0.3) is 0 Å². The molecule has 0 saturated carbocycles. The van der Waals surface area contributed by atoms with Gasteiger partial charge in [0, 0.05) is 5.02 Å². The summed E-state index contributed by atoms with van der Waals surface area (Å²) in [4.78, 5) is 11.3. The summed E-state index contributed by atoms with van der Waals surface area (Å²) < 4.78 is 27.2. The molecule has 0 amide bonds. The molecule has 1 aromatic carbocycles. The molecule has 5 nitrogen and oxygen atoms in total. The molecule has 1 aromatic rings. The molecule has 17 heavy (non-hydrogen) atoms. The molecule has 0 atom stereocenters. The lowest BCUT2D eigenvalue weighted by Crippen LogP contribution is -2.15. The molecule has 7 heteroatoms. The van der Waals surface area contributed by atoms with E-state index in [0.29, 0.717) is 0 Å². The van der Waals surface area contributed by atoms with E-state index in [4.69, 9.17) is 21.5 Å². The fraction of sp³-hybridized carbons (Fsp3) is 0.300. The lowest BCUT2D eigenvalue weighted by Gasteiger charge is -2.09. The van der Waals surface area contributed by atoms with Gasteiger partial charge in [0.2, 0.25) is 10.0 Å². The minimum atomic E-state index is -3.90. The van der Waals surface area contributed by atoms with Gasteiger partial charge in [0.15, 0.2) is 0 Å². The van der Waals surface area contributed by atoms with Crippen LogP contribution >= 0.6 is 11.6 Å². The van der Waals surface area contributed by atoms with Crippen LogP contribution in [-0.2, 0) is 14.8 Å². The van der Waals surface area contributed by atoms with Gasteiger partial charge >= 0.3 is 5.97 Å². The molecule has 0 aromatic heterocycles. The average molecular weight is 278 g/mol. The van der Waals surface area contributed by atoms with Gasteiger partial charge in [-0.05, 0) is 32.0 Å². The average Bonchev–Trinajstić information content (AvgIpc) is 2.14. The predicted molar refractivity (Wildman–Crippen MR) is 63.4 cm³/mol. The maximum Gasteiger partial charge on any atom is 0.338 e. The Hall–Kier alpha value is -1.11. The second kappa shape index (κ2) is 5.03. The molecule has 1 rings (SSSR count). The van der Waals surface area contributed by atoms with E-state index in [-0.39, 0.29) is 21.6 Å². The minimum absolute atomic E-state index is 0.0511. The van der Waals surface area contributed by atoms with Crippen LogP contribution in [0, 0.1) is 0 Å². The Balaban J connectivity index is 3.19. The van der Waals surface area contributed by atoms with E-state index in [1.165, 1.54) is 12.1 Å². The Morgan fingerprint density at radius 2 is 1.94 bits per heavy atom. The molecule has 0 spiro atoms. The molecule has 0 fully saturated rings. The molecule has 0 bridgehead atoms. The normalized spacial score (nSPS) is 11.6. The lowest BCUT2D eigenvalue weighted by atomic mass is 10.2. The van der Waals surface area contributed by atoms with Crippen LogP contribution in [-0.4, -0.2) is 20.5 Å². The number of carbonyl (C=O) groups excluding carboxylic acids is 1. The summed E-state index contributed by atoms with van der Waals surface area (Å²) >= 11 is 5.71. The van der Waals surface area contributed by atoms with E-state index >= 15 is 0 Å². The Morgan fingerprint density at radius 1 is 1.35 bits per heavy atom. The van der Waals surface area contributed by atoms with Gasteiger partial charge < -0.3 is 4.74 Å². The van der Waals surface area contributed by atoms with Crippen molar-refractivity contribution in [3.63, 3.8) is 0 Å². The van der Waals surface area contributed by atoms with Crippen LogP contribution in [0.1, 0.15) is 24.2 Å². The first-order chi connectivity index (χ1) is 7.70. The van der Waals surface area contributed by atoms with Gasteiger partial charge in [-0.15, -0.1) is 0 Å². The first-order valence-corrected chi connectivity index (χ1v) is 6.67. The summed E-state index contributed by atoms with van der Waals surface area (Å²) in [6.45, 7) is 3.37. The highest BCUT2D eigenvalue weighted by molar-refractivity contribution is 7.89. The second-order valence-corrected chi connectivity index (χ2v) is 5.67. The van der Waals surface area contributed by atoms with Gasteiger partial charge in [-0.25, -0.2) is 18.4 Å². The van der Waals surface area contributed by atoms with E-state index < -0.39 is 16.0 Å². The largest absolute Gasteiger partial charge is 0.459 e. The zero-order valence-corrected chi connectivity index (χ0v) is 10.9. The van der Waals surface area contributed by atoms with Crippen molar-refractivity contribution in [3.05, 3.63) is 28.8 Å². The predicted octanol–water partition coefficient (Wildman–Crippen LogP) is 1.55. The van der Waals surface area contributed by atoms with Crippen molar-refractivity contribution in [2.45, 2.75) is 24.8 Å². The smallest absolute Gasteiger partial charge is 0.338 e. The number of sulfonamides is 1. The number of benzene rings is 1. The Bertz CT molecular complexity index is 539. The summed E-state index contributed by atoms with van der Waals surface area (Å²) in [5.41, 5.74) is 0.0511. The first-order valence-electron chi connectivity index (χ1n) is 4.74. The summed E-state index contributed by atoms with van der Waals surface area (Å²) in [5.74, 6) is -0.646. The van der Waals surface area contributed by atoms with Crippen LogP contribution in [0.15, 0.2) is 23.1 Å². The van der Waals surface area contributed by atoms with Crippen molar-refractivity contribution in [2.24, 2.45) is 5.14 Å². The summed E-state index contributed by atoms with van der Waals surface area (Å²) in [5, 5.41) is 5.06. The molecule has 0 aliphatic rings. The Kier molecular flexibility index (Phi) is 4.13. The van der Waals surface area contributed by atoms with Crippen LogP contribution in [0.4, 0.5) is 0 Å².